The van der Waals surface area contributed by atoms with Crippen molar-refractivity contribution >= 4 is 0 Å². The van der Waals surface area contributed by atoms with Gasteiger partial charge >= 0.3 is 0 Å². The molecule has 0 fully saturated rings. The summed E-state index contributed by atoms with van der Waals surface area (Å²) in [5.74, 6) is 0.827. The highest BCUT2D eigenvalue weighted by Gasteiger charge is 2.13. The predicted octanol–water partition coefficient (Wildman–Crippen LogP) is 6.32. The second-order valence-electron chi connectivity index (χ2n) is 6.52. The molecule has 1 nitrogen and oxygen atoms in total. The summed E-state index contributed by atoms with van der Waals surface area (Å²) in [7, 11) is 0. The Morgan fingerprint density at radius 3 is 1.65 bits per heavy atom. The Morgan fingerprint density at radius 2 is 1.20 bits per heavy atom. The highest BCUT2D eigenvalue weighted by molar-refractivity contribution is 4.71. The smallest absolute Gasteiger partial charge is 0.00924 e. The van der Waals surface area contributed by atoms with Crippen LogP contribution in [-0.4, -0.2) is 12.6 Å². The maximum Gasteiger partial charge on any atom is 0.00924 e. The molecule has 2 unspecified atom stereocenters. The Balaban J connectivity index is 3.36. The van der Waals surface area contributed by atoms with E-state index in [0.717, 1.165) is 18.5 Å². The number of nitrogens with one attached hydrogen (secondary N) is 1. The highest BCUT2D eigenvalue weighted by atomic mass is 14.9. The van der Waals surface area contributed by atoms with Crippen molar-refractivity contribution in [3.63, 3.8) is 0 Å². The van der Waals surface area contributed by atoms with Crippen LogP contribution >= 0.6 is 0 Å². The molecule has 0 heterocycles. The minimum Gasteiger partial charge on any atom is -0.314 e. The minimum atomic E-state index is 0.749. The van der Waals surface area contributed by atoms with Gasteiger partial charge in [0.25, 0.3) is 0 Å². The Labute approximate surface area is 129 Å². The monoisotopic (exact) mass is 283 g/mol. The molecule has 0 amide bonds. The zero-order chi connectivity index (χ0) is 15.1. The van der Waals surface area contributed by atoms with E-state index < -0.39 is 0 Å². The van der Waals surface area contributed by atoms with Crippen molar-refractivity contribution in [1.29, 1.82) is 0 Å². The van der Waals surface area contributed by atoms with Crippen LogP contribution in [0.25, 0.3) is 0 Å². The number of unbranched alkanes of at least 4 members (excludes halogenated alkanes) is 9. The van der Waals surface area contributed by atoms with Gasteiger partial charge in [-0.2, -0.15) is 0 Å². The van der Waals surface area contributed by atoms with E-state index in [2.05, 4.69) is 33.0 Å². The summed E-state index contributed by atoms with van der Waals surface area (Å²) in [6.45, 7) is 10.3. The van der Waals surface area contributed by atoms with E-state index in [0.29, 0.717) is 0 Å². The van der Waals surface area contributed by atoms with Gasteiger partial charge in [0.1, 0.15) is 0 Å². The standard InChI is InChI=1S/C19H41N/c1-5-8-9-10-11-12-13-14-15-16-17-19(20-7-3)18(4)6-2/h18-20H,5-17H2,1-4H3. The van der Waals surface area contributed by atoms with Crippen molar-refractivity contribution in [2.24, 2.45) is 5.92 Å². The van der Waals surface area contributed by atoms with E-state index in [1.165, 1.54) is 77.0 Å². The zero-order valence-electron chi connectivity index (χ0n) is 14.8. The summed E-state index contributed by atoms with van der Waals surface area (Å²) in [6.07, 6.45) is 17.1. The lowest BCUT2D eigenvalue weighted by Gasteiger charge is -2.23. The summed E-state index contributed by atoms with van der Waals surface area (Å²) in [6, 6.07) is 0.749. The molecule has 0 aliphatic carbocycles. The van der Waals surface area contributed by atoms with Gasteiger partial charge in [-0.1, -0.05) is 98.3 Å². The molecule has 0 aromatic heterocycles. The molecule has 0 saturated carbocycles. The maximum atomic E-state index is 3.66. The lowest BCUT2D eigenvalue weighted by atomic mass is 9.93. The molecule has 0 aliphatic heterocycles. The van der Waals surface area contributed by atoms with Crippen LogP contribution in [0.2, 0.25) is 0 Å². The van der Waals surface area contributed by atoms with Gasteiger partial charge in [-0.3, -0.25) is 0 Å². The molecule has 0 rings (SSSR count). The molecule has 0 saturated heterocycles. The van der Waals surface area contributed by atoms with Gasteiger partial charge < -0.3 is 5.32 Å². The van der Waals surface area contributed by atoms with Gasteiger partial charge in [0.2, 0.25) is 0 Å². The molecule has 0 spiro atoms. The van der Waals surface area contributed by atoms with Crippen LogP contribution in [0.1, 0.15) is 105 Å². The van der Waals surface area contributed by atoms with Crippen LogP contribution in [0.5, 0.6) is 0 Å². The van der Waals surface area contributed by atoms with Gasteiger partial charge in [0, 0.05) is 6.04 Å². The Morgan fingerprint density at radius 1 is 0.700 bits per heavy atom. The lowest BCUT2D eigenvalue weighted by molar-refractivity contribution is 0.342. The number of rotatable bonds is 15. The highest BCUT2D eigenvalue weighted by Crippen LogP contribution is 2.16. The van der Waals surface area contributed by atoms with Gasteiger partial charge in [0.05, 0.1) is 0 Å². The number of hydrogen-bond acceptors (Lipinski definition) is 1. The van der Waals surface area contributed by atoms with Gasteiger partial charge in [-0.25, -0.2) is 0 Å². The van der Waals surface area contributed by atoms with Crippen molar-refractivity contribution < 1.29 is 0 Å². The minimum absolute atomic E-state index is 0.749. The van der Waals surface area contributed by atoms with Gasteiger partial charge in [0.15, 0.2) is 0 Å². The quantitative estimate of drug-likeness (QED) is 0.347. The summed E-state index contributed by atoms with van der Waals surface area (Å²) in [4.78, 5) is 0. The average molecular weight is 284 g/mol. The van der Waals surface area contributed by atoms with E-state index in [1.54, 1.807) is 0 Å². The molecule has 1 heteroatoms. The van der Waals surface area contributed by atoms with Crippen molar-refractivity contribution in [2.45, 2.75) is 111 Å². The van der Waals surface area contributed by atoms with E-state index in [-0.39, 0.29) is 0 Å². The molecule has 20 heavy (non-hydrogen) atoms. The first-order chi connectivity index (χ1) is 9.76. The average Bonchev–Trinajstić information content (AvgIpc) is 2.47. The summed E-state index contributed by atoms with van der Waals surface area (Å²) in [5, 5.41) is 3.66. The zero-order valence-corrected chi connectivity index (χ0v) is 14.8. The van der Waals surface area contributed by atoms with Crippen LogP contribution in [0.15, 0.2) is 0 Å². The fraction of sp³-hybridized carbons (Fsp3) is 1.00. The molecule has 0 radical (unpaired) electrons. The maximum absolute atomic E-state index is 3.66. The van der Waals surface area contributed by atoms with Crippen molar-refractivity contribution in [3.8, 4) is 0 Å². The van der Waals surface area contributed by atoms with Crippen molar-refractivity contribution in [1.82, 2.24) is 5.32 Å². The number of hydrogen-bond donors (Lipinski definition) is 1. The molecular formula is C19H41N. The normalized spacial score (nSPS) is 14.4. The topological polar surface area (TPSA) is 12.0 Å². The third kappa shape index (κ3) is 11.8. The summed E-state index contributed by atoms with van der Waals surface area (Å²) >= 11 is 0. The van der Waals surface area contributed by atoms with Crippen LogP contribution in [0.4, 0.5) is 0 Å². The lowest BCUT2D eigenvalue weighted by Crippen LogP contribution is -2.34. The van der Waals surface area contributed by atoms with E-state index in [9.17, 15) is 0 Å². The molecule has 0 aliphatic rings. The predicted molar refractivity (Wildman–Crippen MR) is 93.4 cm³/mol. The van der Waals surface area contributed by atoms with Gasteiger partial charge in [-0.05, 0) is 18.9 Å². The van der Waals surface area contributed by atoms with Crippen molar-refractivity contribution in [3.05, 3.63) is 0 Å². The van der Waals surface area contributed by atoms with E-state index in [4.69, 9.17) is 0 Å². The first-order valence-corrected chi connectivity index (χ1v) is 9.49. The molecule has 0 bridgehead atoms. The summed E-state index contributed by atoms with van der Waals surface area (Å²) in [5.41, 5.74) is 0. The first kappa shape index (κ1) is 20.0. The second kappa shape index (κ2) is 15.4. The van der Waals surface area contributed by atoms with E-state index in [1.807, 2.05) is 0 Å². The third-order valence-electron chi connectivity index (χ3n) is 4.67. The fourth-order valence-corrected chi connectivity index (χ4v) is 2.99. The SMILES string of the molecule is CCCCCCCCCCCCC(NCC)C(C)CC. The summed E-state index contributed by atoms with van der Waals surface area (Å²) < 4.78 is 0. The van der Waals surface area contributed by atoms with Gasteiger partial charge in [-0.15, -0.1) is 0 Å². The van der Waals surface area contributed by atoms with Crippen LogP contribution < -0.4 is 5.32 Å². The molecule has 2 atom stereocenters. The Hall–Kier alpha value is -0.0400. The second-order valence-corrected chi connectivity index (χ2v) is 6.52. The molecule has 0 aromatic carbocycles. The fourth-order valence-electron chi connectivity index (χ4n) is 2.99. The first-order valence-electron chi connectivity index (χ1n) is 9.49. The van der Waals surface area contributed by atoms with Crippen LogP contribution in [-0.2, 0) is 0 Å². The molecule has 1 N–H and O–H groups in total. The Kier molecular flexibility index (Phi) is 15.3. The molecular weight excluding hydrogens is 242 g/mol. The molecule has 122 valence electrons. The third-order valence-corrected chi connectivity index (χ3v) is 4.67. The van der Waals surface area contributed by atoms with Crippen LogP contribution in [0, 0.1) is 5.92 Å². The van der Waals surface area contributed by atoms with Crippen LogP contribution in [0.3, 0.4) is 0 Å². The largest absolute Gasteiger partial charge is 0.314 e. The molecule has 0 aromatic rings. The van der Waals surface area contributed by atoms with Crippen molar-refractivity contribution in [2.75, 3.05) is 6.54 Å². The van der Waals surface area contributed by atoms with E-state index >= 15 is 0 Å². The Bertz CT molecular complexity index is 179.